The lowest BCUT2D eigenvalue weighted by molar-refractivity contribution is 0.240. The van der Waals surface area contributed by atoms with Gasteiger partial charge in [-0.2, -0.15) is 0 Å². The van der Waals surface area contributed by atoms with Crippen LogP contribution in [0.25, 0.3) is 0 Å². The minimum atomic E-state index is -1.84. The normalized spacial score (nSPS) is 11.6. The van der Waals surface area contributed by atoms with E-state index in [0.29, 0.717) is 0 Å². The highest BCUT2D eigenvalue weighted by Gasteiger charge is 2.27. The third-order valence-corrected chi connectivity index (χ3v) is 6.69. The fourth-order valence-electron chi connectivity index (χ4n) is 0.759. The van der Waals surface area contributed by atoms with Crippen LogP contribution in [0.5, 0.6) is 0 Å². The minimum Gasteiger partial charge on any atom is -0.406 e. The first-order valence-electron chi connectivity index (χ1n) is 3.61. The van der Waals surface area contributed by atoms with Gasteiger partial charge in [-0.1, -0.05) is 27.3 Å². The Hall–Kier alpha value is 0.137. The maximum Gasteiger partial charge on any atom is 0.251 e. The molecule has 0 radical (unpaired) electrons. The van der Waals surface area contributed by atoms with Crippen LogP contribution in [0.2, 0.25) is 0 Å². The van der Waals surface area contributed by atoms with E-state index in [1.807, 2.05) is 25.2 Å². The molecule has 3 heteroatoms. The molecule has 0 bridgehead atoms. The lowest BCUT2D eigenvalue weighted by Crippen LogP contribution is -2.39. The van der Waals surface area contributed by atoms with E-state index in [4.69, 9.17) is 4.43 Å². The van der Waals surface area contributed by atoms with Gasteiger partial charge in [0, 0.05) is 11.1 Å². The first-order chi connectivity index (χ1) is 5.10. The number of alkyl halides is 1. The molecule has 11 heavy (non-hydrogen) atoms. The predicted molar refractivity (Wildman–Crippen MR) is 56.2 cm³/mol. The Kier molecular flexibility index (Phi) is 4.96. The number of hydrogen-bond donors (Lipinski definition) is 0. The van der Waals surface area contributed by atoms with Crippen molar-refractivity contribution in [3.8, 4) is 0 Å². The summed E-state index contributed by atoms with van der Waals surface area (Å²) in [6.45, 7) is 11.6. The molecular formula is C8H15BrOSi. The van der Waals surface area contributed by atoms with Crippen molar-refractivity contribution >= 4 is 24.2 Å². The molecule has 0 heterocycles. The fourth-order valence-corrected chi connectivity index (χ4v) is 4.05. The molecule has 0 atom stereocenters. The highest BCUT2D eigenvalue weighted by molar-refractivity contribution is 9.09. The van der Waals surface area contributed by atoms with Crippen LogP contribution < -0.4 is 0 Å². The second kappa shape index (κ2) is 4.90. The largest absolute Gasteiger partial charge is 0.406 e. The van der Waals surface area contributed by atoms with Crippen molar-refractivity contribution < 1.29 is 4.43 Å². The molecule has 0 unspecified atom stereocenters. The Morgan fingerprint density at radius 2 is 1.91 bits per heavy atom. The van der Waals surface area contributed by atoms with E-state index in [2.05, 4.69) is 29.1 Å². The molecule has 0 aliphatic heterocycles. The molecule has 0 amide bonds. The van der Waals surface area contributed by atoms with Crippen molar-refractivity contribution in [3.05, 3.63) is 24.6 Å². The summed E-state index contributed by atoms with van der Waals surface area (Å²) in [5.74, 6) is 0. The van der Waals surface area contributed by atoms with Crippen molar-refractivity contribution in [3.63, 3.8) is 0 Å². The molecule has 0 rings (SSSR count). The van der Waals surface area contributed by atoms with E-state index in [1.165, 1.54) is 0 Å². The summed E-state index contributed by atoms with van der Waals surface area (Å²) in [5, 5.41) is 0. The summed E-state index contributed by atoms with van der Waals surface area (Å²) in [6, 6.07) is 0. The van der Waals surface area contributed by atoms with Gasteiger partial charge >= 0.3 is 0 Å². The van der Waals surface area contributed by atoms with Gasteiger partial charge in [0.25, 0.3) is 8.32 Å². The Balaban J connectivity index is 4.28. The topological polar surface area (TPSA) is 9.23 Å². The summed E-state index contributed by atoms with van der Waals surface area (Å²) >= 11 is 3.42. The van der Waals surface area contributed by atoms with Crippen LogP contribution in [0.1, 0.15) is 13.8 Å². The molecule has 0 saturated carbocycles. The lowest BCUT2D eigenvalue weighted by atomic mass is 10.5. The lowest BCUT2D eigenvalue weighted by Gasteiger charge is -2.24. The second-order valence-electron chi connectivity index (χ2n) is 2.66. The number of rotatable bonds is 5. The van der Waals surface area contributed by atoms with Gasteiger partial charge in [-0.15, -0.1) is 13.2 Å². The van der Waals surface area contributed by atoms with E-state index in [0.717, 1.165) is 4.95 Å². The molecular weight excluding hydrogens is 220 g/mol. The molecule has 1 nitrogen and oxygen atoms in total. The Morgan fingerprint density at radius 3 is 2.00 bits per heavy atom. The average Bonchev–Trinajstić information content (AvgIpc) is 2.00. The van der Waals surface area contributed by atoms with Gasteiger partial charge in [-0.3, -0.25) is 0 Å². The van der Waals surface area contributed by atoms with E-state index < -0.39 is 8.32 Å². The van der Waals surface area contributed by atoms with Crippen LogP contribution >= 0.6 is 15.9 Å². The maximum atomic E-state index is 5.74. The zero-order chi connectivity index (χ0) is 8.91. The average molecular weight is 235 g/mol. The van der Waals surface area contributed by atoms with Crippen LogP contribution in [0.15, 0.2) is 24.6 Å². The van der Waals surface area contributed by atoms with Crippen LogP contribution in [0.4, 0.5) is 0 Å². The SMILES string of the molecule is C=C[Si](C=C)(CBr)OC(C)C. The molecule has 0 fully saturated rings. The van der Waals surface area contributed by atoms with Crippen LogP contribution in [0.3, 0.4) is 0 Å². The molecule has 0 spiro atoms. The molecule has 64 valence electrons. The van der Waals surface area contributed by atoms with Crippen LogP contribution in [-0.2, 0) is 4.43 Å². The quantitative estimate of drug-likeness (QED) is 0.526. The first kappa shape index (κ1) is 11.1. The summed E-state index contributed by atoms with van der Waals surface area (Å²) in [5.41, 5.74) is 3.80. The maximum absolute atomic E-state index is 5.74. The molecule has 0 saturated heterocycles. The smallest absolute Gasteiger partial charge is 0.251 e. The van der Waals surface area contributed by atoms with Gasteiger partial charge in [-0.25, -0.2) is 0 Å². The van der Waals surface area contributed by atoms with E-state index in [-0.39, 0.29) is 6.10 Å². The zero-order valence-corrected chi connectivity index (χ0v) is 9.73. The van der Waals surface area contributed by atoms with E-state index in [1.54, 1.807) is 0 Å². The third kappa shape index (κ3) is 3.36. The zero-order valence-electron chi connectivity index (χ0n) is 7.14. The Labute approximate surface area is 78.4 Å². The Bertz CT molecular complexity index is 137. The second-order valence-corrected chi connectivity index (χ2v) is 7.58. The highest BCUT2D eigenvalue weighted by atomic mass is 79.9. The molecule has 0 aliphatic rings. The highest BCUT2D eigenvalue weighted by Crippen LogP contribution is 2.13. The summed E-state index contributed by atoms with van der Waals surface area (Å²) < 4.78 is 5.74. The molecule has 0 aromatic heterocycles. The van der Waals surface area contributed by atoms with Gasteiger partial charge < -0.3 is 4.43 Å². The van der Waals surface area contributed by atoms with E-state index in [9.17, 15) is 0 Å². The van der Waals surface area contributed by atoms with Crippen molar-refractivity contribution in [1.82, 2.24) is 0 Å². The van der Waals surface area contributed by atoms with Crippen LogP contribution in [-0.4, -0.2) is 19.4 Å². The monoisotopic (exact) mass is 234 g/mol. The summed E-state index contributed by atoms with van der Waals surface area (Å²) in [4.78, 5) is 0.838. The first-order valence-corrected chi connectivity index (χ1v) is 7.00. The van der Waals surface area contributed by atoms with Crippen molar-refractivity contribution in [2.45, 2.75) is 20.0 Å². The van der Waals surface area contributed by atoms with Crippen molar-refractivity contribution in [2.75, 3.05) is 4.95 Å². The predicted octanol–water partition coefficient (Wildman–Crippen LogP) is 2.74. The standard InChI is InChI=1S/C8H15BrOSi/c1-5-11(6-2,7-9)10-8(3)4/h5-6,8H,1-2,7H2,3-4H3. The minimum absolute atomic E-state index is 0.246. The number of hydrogen-bond acceptors (Lipinski definition) is 1. The number of halogens is 1. The summed E-state index contributed by atoms with van der Waals surface area (Å²) in [6.07, 6.45) is 0.246. The molecule has 0 N–H and O–H groups in total. The van der Waals surface area contributed by atoms with Crippen molar-refractivity contribution in [2.24, 2.45) is 0 Å². The van der Waals surface area contributed by atoms with Gasteiger partial charge in [0.15, 0.2) is 0 Å². The summed E-state index contributed by atoms with van der Waals surface area (Å²) in [7, 11) is -1.84. The fraction of sp³-hybridized carbons (Fsp3) is 0.500. The van der Waals surface area contributed by atoms with Gasteiger partial charge in [-0.05, 0) is 13.8 Å². The Morgan fingerprint density at radius 1 is 1.45 bits per heavy atom. The molecule has 0 aromatic carbocycles. The van der Waals surface area contributed by atoms with Crippen molar-refractivity contribution in [1.29, 1.82) is 0 Å². The van der Waals surface area contributed by atoms with Gasteiger partial charge in [0.05, 0.1) is 0 Å². The van der Waals surface area contributed by atoms with E-state index >= 15 is 0 Å². The van der Waals surface area contributed by atoms with Crippen LogP contribution in [0, 0.1) is 0 Å². The molecule has 0 aliphatic carbocycles. The van der Waals surface area contributed by atoms with Gasteiger partial charge in [0.1, 0.15) is 0 Å². The molecule has 0 aromatic rings. The van der Waals surface area contributed by atoms with Gasteiger partial charge in [0.2, 0.25) is 0 Å². The third-order valence-electron chi connectivity index (χ3n) is 1.36.